The van der Waals surface area contributed by atoms with Crippen LogP contribution in [0.15, 0.2) is 47.6 Å². The predicted octanol–water partition coefficient (Wildman–Crippen LogP) is 3.19. The van der Waals surface area contributed by atoms with Gasteiger partial charge in [-0.1, -0.05) is 23.7 Å². The van der Waals surface area contributed by atoms with Gasteiger partial charge in [0.15, 0.2) is 0 Å². The number of amides is 2. The molecule has 0 heterocycles. The summed E-state index contributed by atoms with van der Waals surface area (Å²) >= 11 is 6.01. The average Bonchev–Trinajstić information content (AvgIpc) is 2.60. The summed E-state index contributed by atoms with van der Waals surface area (Å²) in [4.78, 5) is 24.0. The predicted molar refractivity (Wildman–Crippen MR) is 99.9 cm³/mol. The fourth-order valence-electron chi connectivity index (χ4n) is 2.09. The number of hydrogen-bond donors (Lipinski definition) is 3. The van der Waals surface area contributed by atoms with Gasteiger partial charge in [-0.05, 0) is 37.3 Å². The fraction of sp³-hybridized carbons (Fsp3) is 0.167. The SMILES string of the molecule is COc1ccc(NC(=O)C/C(C)=N/NC(=O)c2ccccc2O)cc1Cl. The number of methoxy groups -OCH3 is 1. The third-order valence-electron chi connectivity index (χ3n) is 3.35. The summed E-state index contributed by atoms with van der Waals surface area (Å²) in [6, 6.07) is 11.0. The van der Waals surface area contributed by atoms with E-state index < -0.39 is 5.91 Å². The van der Waals surface area contributed by atoms with Gasteiger partial charge in [0.2, 0.25) is 5.91 Å². The van der Waals surface area contributed by atoms with Gasteiger partial charge in [-0.2, -0.15) is 5.10 Å². The maximum atomic E-state index is 12.0. The van der Waals surface area contributed by atoms with Crippen LogP contribution in [0.1, 0.15) is 23.7 Å². The van der Waals surface area contributed by atoms with E-state index in [0.29, 0.717) is 22.2 Å². The number of hydrazone groups is 1. The molecule has 0 fully saturated rings. The largest absolute Gasteiger partial charge is 0.507 e. The van der Waals surface area contributed by atoms with E-state index in [9.17, 15) is 14.7 Å². The minimum Gasteiger partial charge on any atom is -0.507 e. The standard InChI is InChI=1S/C18H18ClN3O4/c1-11(21-22-18(25)13-5-3-4-6-15(13)23)9-17(24)20-12-7-8-16(26-2)14(19)10-12/h3-8,10,23H,9H2,1-2H3,(H,20,24)(H,22,25)/b21-11+. The Kier molecular flexibility index (Phi) is 6.57. The molecule has 8 heteroatoms. The van der Waals surface area contributed by atoms with Crippen LogP contribution in [0, 0.1) is 0 Å². The monoisotopic (exact) mass is 375 g/mol. The maximum Gasteiger partial charge on any atom is 0.275 e. The number of hydrogen-bond acceptors (Lipinski definition) is 5. The molecular weight excluding hydrogens is 358 g/mol. The highest BCUT2D eigenvalue weighted by Gasteiger charge is 2.10. The number of phenols is 1. The molecule has 0 saturated carbocycles. The van der Waals surface area contributed by atoms with Crippen LogP contribution in [0.2, 0.25) is 5.02 Å². The molecule has 0 aliphatic rings. The van der Waals surface area contributed by atoms with Gasteiger partial charge in [-0.25, -0.2) is 5.43 Å². The van der Waals surface area contributed by atoms with Crippen molar-refractivity contribution in [3.8, 4) is 11.5 Å². The van der Waals surface area contributed by atoms with E-state index in [1.165, 1.54) is 19.2 Å². The number of benzene rings is 2. The highest BCUT2D eigenvalue weighted by molar-refractivity contribution is 6.32. The number of nitrogens with one attached hydrogen (secondary N) is 2. The van der Waals surface area contributed by atoms with Crippen molar-refractivity contribution in [1.82, 2.24) is 5.43 Å². The Balaban J connectivity index is 1.92. The van der Waals surface area contributed by atoms with Crippen molar-refractivity contribution in [3.05, 3.63) is 53.1 Å². The van der Waals surface area contributed by atoms with Gasteiger partial charge in [-0.15, -0.1) is 0 Å². The lowest BCUT2D eigenvalue weighted by Crippen LogP contribution is -2.21. The molecule has 0 aliphatic carbocycles. The second-order valence-electron chi connectivity index (χ2n) is 5.38. The molecule has 2 aromatic carbocycles. The van der Waals surface area contributed by atoms with E-state index in [2.05, 4.69) is 15.8 Å². The van der Waals surface area contributed by atoms with E-state index in [-0.39, 0.29) is 23.6 Å². The van der Waals surface area contributed by atoms with Crippen LogP contribution in [0.3, 0.4) is 0 Å². The number of phenolic OH excluding ortho intramolecular Hbond substituents is 1. The summed E-state index contributed by atoms with van der Waals surface area (Å²) in [6.45, 7) is 1.60. The van der Waals surface area contributed by atoms with Gasteiger partial charge in [0.05, 0.1) is 24.1 Å². The van der Waals surface area contributed by atoms with Crippen LogP contribution >= 0.6 is 11.6 Å². The molecule has 2 amide bonds. The van der Waals surface area contributed by atoms with Crippen molar-refractivity contribution in [2.75, 3.05) is 12.4 Å². The Bertz CT molecular complexity index is 852. The number of anilines is 1. The van der Waals surface area contributed by atoms with Crippen LogP contribution in [0.25, 0.3) is 0 Å². The number of halogens is 1. The Labute approximate surface area is 155 Å². The second-order valence-corrected chi connectivity index (χ2v) is 5.79. The van der Waals surface area contributed by atoms with E-state index in [1.807, 2.05) is 0 Å². The quantitative estimate of drug-likeness (QED) is 0.533. The number of carbonyl (C=O) groups excluding carboxylic acids is 2. The molecule has 0 saturated heterocycles. The number of nitrogens with zero attached hydrogens (tertiary/aromatic N) is 1. The summed E-state index contributed by atoms with van der Waals surface area (Å²) in [5.74, 6) is -0.518. The number of ether oxygens (including phenoxy) is 1. The molecule has 3 N–H and O–H groups in total. The first-order chi connectivity index (χ1) is 12.4. The Morgan fingerprint density at radius 1 is 1.23 bits per heavy atom. The van der Waals surface area contributed by atoms with Crippen molar-refractivity contribution in [1.29, 1.82) is 0 Å². The van der Waals surface area contributed by atoms with E-state index >= 15 is 0 Å². The molecule has 0 aromatic heterocycles. The van der Waals surface area contributed by atoms with Gasteiger partial charge in [0.25, 0.3) is 5.91 Å². The summed E-state index contributed by atoms with van der Waals surface area (Å²) in [7, 11) is 1.50. The van der Waals surface area contributed by atoms with Crippen LogP contribution < -0.4 is 15.5 Å². The average molecular weight is 376 g/mol. The normalized spacial score (nSPS) is 11.0. The third-order valence-corrected chi connectivity index (χ3v) is 3.64. The number of aromatic hydroxyl groups is 1. The van der Waals surface area contributed by atoms with E-state index in [1.54, 1.807) is 37.3 Å². The minimum absolute atomic E-state index is 0.0231. The highest BCUT2D eigenvalue weighted by Crippen LogP contribution is 2.27. The van der Waals surface area contributed by atoms with Gasteiger partial charge in [0.1, 0.15) is 11.5 Å². The van der Waals surface area contributed by atoms with Crippen LogP contribution in [-0.4, -0.2) is 29.7 Å². The summed E-state index contributed by atoms with van der Waals surface area (Å²) in [5.41, 5.74) is 3.32. The molecule has 0 spiro atoms. The smallest absolute Gasteiger partial charge is 0.275 e. The summed E-state index contributed by atoms with van der Waals surface area (Å²) in [5, 5.41) is 16.6. The Morgan fingerprint density at radius 2 is 1.96 bits per heavy atom. The van der Waals surface area contributed by atoms with Crippen LogP contribution in [-0.2, 0) is 4.79 Å². The first kappa shape index (κ1) is 19.3. The Morgan fingerprint density at radius 3 is 2.62 bits per heavy atom. The highest BCUT2D eigenvalue weighted by atomic mass is 35.5. The molecule has 2 rings (SSSR count). The Hall–Kier alpha value is -3.06. The van der Waals surface area contributed by atoms with Gasteiger partial charge < -0.3 is 15.2 Å². The zero-order valence-electron chi connectivity index (χ0n) is 14.2. The molecule has 0 atom stereocenters. The summed E-state index contributed by atoms with van der Waals surface area (Å²) < 4.78 is 5.05. The van der Waals surface area contributed by atoms with Crippen LogP contribution in [0.4, 0.5) is 5.69 Å². The number of para-hydroxylation sites is 1. The first-order valence-electron chi connectivity index (χ1n) is 7.65. The lowest BCUT2D eigenvalue weighted by Gasteiger charge is -2.08. The van der Waals surface area contributed by atoms with Crippen molar-refractivity contribution in [3.63, 3.8) is 0 Å². The second kappa shape index (κ2) is 8.87. The van der Waals surface area contributed by atoms with Crippen molar-refractivity contribution in [2.24, 2.45) is 5.10 Å². The molecule has 2 aromatic rings. The number of rotatable bonds is 6. The summed E-state index contributed by atoms with van der Waals surface area (Å²) in [6.07, 6.45) is -0.0231. The zero-order chi connectivity index (χ0) is 19.1. The topological polar surface area (TPSA) is 100 Å². The lowest BCUT2D eigenvalue weighted by molar-refractivity contribution is -0.115. The van der Waals surface area contributed by atoms with Gasteiger partial charge in [0, 0.05) is 11.4 Å². The molecular formula is C18H18ClN3O4. The van der Waals surface area contributed by atoms with Gasteiger partial charge in [-0.3, -0.25) is 9.59 Å². The van der Waals surface area contributed by atoms with Crippen molar-refractivity contribution >= 4 is 34.8 Å². The van der Waals surface area contributed by atoms with E-state index in [4.69, 9.17) is 16.3 Å². The molecule has 0 aliphatic heterocycles. The molecule has 7 nitrogen and oxygen atoms in total. The molecule has 0 radical (unpaired) electrons. The molecule has 136 valence electrons. The first-order valence-corrected chi connectivity index (χ1v) is 8.03. The minimum atomic E-state index is -0.565. The van der Waals surface area contributed by atoms with E-state index in [0.717, 1.165) is 0 Å². The lowest BCUT2D eigenvalue weighted by atomic mass is 10.2. The molecule has 0 unspecified atom stereocenters. The van der Waals surface area contributed by atoms with Crippen molar-refractivity contribution < 1.29 is 19.4 Å². The third kappa shape index (κ3) is 5.22. The molecule has 26 heavy (non-hydrogen) atoms. The molecule has 0 bridgehead atoms. The van der Waals surface area contributed by atoms with Crippen LogP contribution in [0.5, 0.6) is 11.5 Å². The number of carbonyl (C=O) groups is 2. The van der Waals surface area contributed by atoms with Crippen molar-refractivity contribution in [2.45, 2.75) is 13.3 Å². The van der Waals surface area contributed by atoms with Gasteiger partial charge >= 0.3 is 0 Å². The zero-order valence-corrected chi connectivity index (χ0v) is 15.0. The maximum absolute atomic E-state index is 12.0. The fourth-order valence-corrected chi connectivity index (χ4v) is 2.35.